The molecule has 0 aliphatic rings. The van der Waals surface area contributed by atoms with Gasteiger partial charge in [-0.15, -0.1) is 0 Å². The van der Waals surface area contributed by atoms with Crippen LogP contribution in [0.5, 0.6) is 11.5 Å². The van der Waals surface area contributed by atoms with E-state index in [0.29, 0.717) is 0 Å². The van der Waals surface area contributed by atoms with Crippen molar-refractivity contribution in [1.82, 2.24) is 0 Å². The summed E-state index contributed by atoms with van der Waals surface area (Å²) in [6.07, 6.45) is 0. The van der Waals surface area contributed by atoms with E-state index in [1.54, 1.807) is 24.3 Å². The van der Waals surface area contributed by atoms with E-state index in [-0.39, 0.29) is 11.5 Å². The summed E-state index contributed by atoms with van der Waals surface area (Å²) < 4.78 is 0. The van der Waals surface area contributed by atoms with Gasteiger partial charge < -0.3 is 10.2 Å². The summed E-state index contributed by atoms with van der Waals surface area (Å²) >= 11 is 0. The summed E-state index contributed by atoms with van der Waals surface area (Å²) in [6.45, 7) is 0. The van der Waals surface area contributed by atoms with Crippen LogP contribution < -0.4 is 0 Å². The maximum absolute atomic E-state index is 9.87. The first-order valence-corrected chi connectivity index (χ1v) is 10.6. The fourth-order valence-corrected chi connectivity index (χ4v) is 4.74. The van der Waals surface area contributed by atoms with Gasteiger partial charge in [-0.05, 0) is 91.0 Å². The van der Waals surface area contributed by atoms with Gasteiger partial charge in [-0.25, -0.2) is 0 Å². The van der Waals surface area contributed by atoms with Crippen molar-refractivity contribution >= 4 is 32.3 Å². The molecule has 0 fully saturated rings. The normalized spacial score (nSPS) is 11.4. The lowest BCUT2D eigenvalue weighted by Crippen LogP contribution is -1.91. The number of hydrogen-bond donors (Lipinski definition) is 2. The molecule has 6 rings (SSSR count). The number of rotatable bonds is 2. The largest absolute Gasteiger partial charge is 0.508 e. The summed E-state index contributed by atoms with van der Waals surface area (Å²) in [5, 5.41) is 26.7. The molecule has 2 N–H and O–H groups in total. The van der Waals surface area contributed by atoms with E-state index in [4.69, 9.17) is 0 Å². The van der Waals surface area contributed by atoms with Gasteiger partial charge in [-0.1, -0.05) is 72.8 Å². The molecule has 2 nitrogen and oxygen atoms in total. The second-order valence-electron chi connectivity index (χ2n) is 8.13. The minimum absolute atomic E-state index is 0.258. The van der Waals surface area contributed by atoms with Crippen molar-refractivity contribution in [2.45, 2.75) is 0 Å². The van der Waals surface area contributed by atoms with Crippen LogP contribution in [0.15, 0.2) is 109 Å². The van der Waals surface area contributed by atoms with E-state index >= 15 is 0 Å². The van der Waals surface area contributed by atoms with E-state index in [1.165, 1.54) is 10.8 Å². The standard InChI is InChI=1S/C30H20O2/c31-23-13-9-19(10-14-23)29-25-7-3-4-8-26(25)30(20-11-15-24(32)16-12-20)28-18-22-6-2-1-5-21(22)17-27(28)29/h1-18,31-32H. The molecule has 0 saturated heterocycles. The summed E-state index contributed by atoms with van der Waals surface area (Å²) in [5.74, 6) is 0.516. The van der Waals surface area contributed by atoms with E-state index in [9.17, 15) is 10.2 Å². The molecule has 32 heavy (non-hydrogen) atoms. The van der Waals surface area contributed by atoms with Gasteiger partial charge in [-0.3, -0.25) is 0 Å². The second-order valence-corrected chi connectivity index (χ2v) is 8.13. The minimum Gasteiger partial charge on any atom is -0.508 e. The zero-order valence-electron chi connectivity index (χ0n) is 17.3. The van der Waals surface area contributed by atoms with Gasteiger partial charge in [0.25, 0.3) is 0 Å². The minimum atomic E-state index is 0.258. The van der Waals surface area contributed by atoms with E-state index in [0.717, 1.165) is 43.8 Å². The fourth-order valence-electron chi connectivity index (χ4n) is 4.74. The lowest BCUT2D eigenvalue weighted by atomic mass is 9.85. The van der Waals surface area contributed by atoms with Crippen LogP contribution in [0.2, 0.25) is 0 Å². The third kappa shape index (κ3) is 2.89. The zero-order valence-corrected chi connectivity index (χ0v) is 17.3. The Morgan fingerprint density at radius 2 is 0.750 bits per heavy atom. The van der Waals surface area contributed by atoms with Gasteiger partial charge in [0.2, 0.25) is 0 Å². The molecule has 0 amide bonds. The fraction of sp³-hybridized carbons (Fsp3) is 0. The third-order valence-electron chi connectivity index (χ3n) is 6.20. The predicted molar refractivity (Wildman–Crippen MR) is 133 cm³/mol. The molecule has 0 heterocycles. The SMILES string of the molecule is Oc1ccc(-c2c3ccccc3c(-c3ccc(O)cc3)c3cc4ccccc4cc23)cc1. The summed E-state index contributed by atoms with van der Waals surface area (Å²) in [5.41, 5.74) is 4.45. The molecule has 6 aromatic rings. The highest BCUT2D eigenvalue weighted by Crippen LogP contribution is 2.45. The average molecular weight is 412 g/mol. The lowest BCUT2D eigenvalue weighted by Gasteiger charge is -2.18. The van der Waals surface area contributed by atoms with Crippen molar-refractivity contribution in [2.24, 2.45) is 0 Å². The van der Waals surface area contributed by atoms with Crippen LogP contribution in [0.3, 0.4) is 0 Å². The van der Waals surface area contributed by atoms with Gasteiger partial charge in [0.15, 0.2) is 0 Å². The highest BCUT2D eigenvalue weighted by molar-refractivity contribution is 6.23. The van der Waals surface area contributed by atoms with Crippen molar-refractivity contribution in [3.05, 3.63) is 109 Å². The monoisotopic (exact) mass is 412 g/mol. The number of phenolic OH excluding ortho intramolecular Hbond substituents is 2. The molecule has 0 atom stereocenters. The summed E-state index contributed by atoms with van der Waals surface area (Å²) in [4.78, 5) is 0. The van der Waals surface area contributed by atoms with Gasteiger partial charge in [-0.2, -0.15) is 0 Å². The lowest BCUT2D eigenvalue weighted by molar-refractivity contribution is 0.475. The molecular formula is C30H20O2. The number of phenols is 2. The van der Waals surface area contributed by atoms with Crippen LogP contribution >= 0.6 is 0 Å². The maximum Gasteiger partial charge on any atom is 0.115 e. The Hall–Kier alpha value is -4.30. The molecule has 0 unspecified atom stereocenters. The van der Waals surface area contributed by atoms with E-state index < -0.39 is 0 Å². The van der Waals surface area contributed by atoms with Crippen molar-refractivity contribution in [3.8, 4) is 33.8 Å². The van der Waals surface area contributed by atoms with Gasteiger partial charge in [0.1, 0.15) is 11.5 Å². The Kier molecular flexibility index (Phi) is 4.12. The number of aromatic hydroxyl groups is 2. The Labute approximate surface area is 185 Å². The highest BCUT2D eigenvalue weighted by atomic mass is 16.3. The zero-order chi connectivity index (χ0) is 21.7. The van der Waals surface area contributed by atoms with Crippen molar-refractivity contribution in [3.63, 3.8) is 0 Å². The van der Waals surface area contributed by atoms with Crippen molar-refractivity contribution in [1.29, 1.82) is 0 Å². The summed E-state index contributed by atoms with van der Waals surface area (Å²) in [6, 6.07) is 36.3. The molecular weight excluding hydrogens is 392 g/mol. The highest BCUT2D eigenvalue weighted by Gasteiger charge is 2.17. The molecule has 6 aromatic carbocycles. The van der Waals surface area contributed by atoms with Crippen LogP contribution in [0.25, 0.3) is 54.6 Å². The maximum atomic E-state index is 9.87. The molecule has 0 bridgehead atoms. The first-order valence-electron chi connectivity index (χ1n) is 10.6. The van der Waals surface area contributed by atoms with Crippen molar-refractivity contribution in [2.75, 3.05) is 0 Å². The molecule has 0 aliphatic heterocycles. The number of hydrogen-bond acceptors (Lipinski definition) is 2. The summed E-state index contributed by atoms with van der Waals surface area (Å²) in [7, 11) is 0. The smallest absolute Gasteiger partial charge is 0.115 e. The van der Waals surface area contributed by atoms with Crippen LogP contribution in [-0.2, 0) is 0 Å². The van der Waals surface area contributed by atoms with Crippen LogP contribution in [0.1, 0.15) is 0 Å². The van der Waals surface area contributed by atoms with Gasteiger partial charge in [0.05, 0.1) is 0 Å². The molecule has 2 heteroatoms. The predicted octanol–water partition coefficient (Wildman–Crippen LogP) is 7.89. The number of fused-ring (bicyclic) bond motifs is 3. The van der Waals surface area contributed by atoms with Gasteiger partial charge in [0, 0.05) is 0 Å². The quantitative estimate of drug-likeness (QED) is 0.284. The van der Waals surface area contributed by atoms with Gasteiger partial charge >= 0.3 is 0 Å². The molecule has 0 aliphatic carbocycles. The Morgan fingerprint density at radius 3 is 1.16 bits per heavy atom. The molecule has 0 spiro atoms. The molecule has 0 saturated carbocycles. The van der Waals surface area contributed by atoms with E-state index in [1.807, 2.05) is 24.3 Å². The Morgan fingerprint density at radius 1 is 0.375 bits per heavy atom. The first kappa shape index (κ1) is 18.5. The Balaban J connectivity index is 1.85. The van der Waals surface area contributed by atoms with Crippen LogP contribution in [0, 0.1) is 0 Å². The third-order valence-corrected chi connectivity index (χ3v) is 6.20. The second kappa shape index (κ2) is 7.14. The number of benzene rings is 6. The molecule has 152 valence electrons. The topological polar surface area (TPSA) is 40.5 Å². The molecule has 0 aromatic heterocycles. The first-order chi connectivity index (χ1) is 15.7. The average Bonchev–Trinajstić information content (AvgIpc) is 2.83. The van der Waals surface area contributed by atoms with Crippen molar-refractivity contribution < 1.29 is 10.2 Å². The van der Waals surface area contributed by atoms with Crippen LogP contribution in [-0.4, -0.2) is 10.2 Å². The van der Waals surface area contributed by atoms with Crippen LogP contribution in [0.4, 0.5) is 0 Å². The molecule has 0 radical (unpaired) electrons. The Bertz CT molecular complexity index is 1490. The van der Waals surface area contributed by atoms with E-state index in [2.05, 4.69) is 60.7 Å².